The summed E-state index contributed by atoms with van der Waals surface area (Å²) >= 11 is 4.33. The molecule has 0 aromatic rings. The van der Waals surface area contributed by atoms with E-state index < -0.39 is 0 Å². The molecule has 0 aliphatic carbocycles. The molecule has 0 saturated heterocycles. The van der Waals surface area contributed by atoms with E-state index in [0.29, 0.717) is 0 Å². The second-order valence-electron chi connectivity index (χ2n) is 5.00. The minimum absolute atomic E-state index is 0.841. The molecule has 0 saturated carbocycles. The van der Waals surface area contributed by atoms with Crippen LogP contribution in [0, 0.1) is 5.92 Å². The Hall–Kier alpha value is 0.700. The lowest BCUT2D eigenvalue weighted by Gasteiger charge is -2.18. The fourth-order valence-corrected chi connectivity index (χ4v) is 3.88. The fourth-order valence-electron chi connectivity index (χ4n) is 1.53. The normalized spacial score (nSPS) is 15.4. The van der Waals surface area contributed by atoms with Crippen LogP contribution in [0.2, 0.25) is 0 Å². The largest absolute Gasteiger partial charge is 0.162 e. The fraction of sp³-hybridized carbons (Fsp3) is 1.00. The van der Waals surface area contributed by atoms with Gasteiger partial charge in [-0.3, -0.25) is 0 Å². The van der Waals surface area contributed by atoms with Crippen LogP contribution in [0.4, 0.5) is 0 Å². The van der Waals surface area contributed by atoms with E-state index in [0.717, 1.165) is 16.4 Å². The average Bonchev–Trinajstić information content (AvgIpc) is 2.26. The molecule has 2 unspecified atom stereocenters. The summed E-state index contributed by atoms with van der Waals surface area (Å²) in [5.41, 5.74) is 0. The monoisotopic (exact) mass is 262 g/mol. The standard InChI is InChI=1S/C14H30S2/c1-6-13(5)16-14(7-2)9-8-10-15-11-12(3)4/h12-14H,6-11H2,1-5H3. The van der Waals surface area contributed by atoms with Gasteiger partial charge in [0.25, 0.3) is 0 Å². The number of hydrogen-bond acceptors (Lipinski definition) is 2. The summed E-state index contributed by atoms with van der Waals surface area (Å²) in [5.74, 6) is 3.53. The third-order valence-corrected chi connectivity index (χ3v) is 5.95. The first-order chi connectivity index (χ1) is 7.60. The molecule has 0 nitrogen and oxygen atoms in total. The maximum Gasteiger partial charge on any atom is 0.00474 e. The summed E-state index contributed by atoms with van der Waals surface area (Å²) in [5, 5.41) is 1.74. The van der Waals surface area contributed by atoms with Crippen molar-refractivity contribution >= 4 is 23.5 Å². The van der Waals surface area contributed by atoms with E-state index in [1.165, 1.54) is 37.2 Å². The van der Waals surface area contributed by atoms with Crippen LogP contribution in [0.25, 0.3) is 0 Å². The van der Waals surface area contributed by atoms with Crippen LogP contribution in [-0.2, 0) is 0 Å². The first-order valence-corrected chi connectivity index (χ1v) is 8.93. The van der Waals surface area contributed by atoms with Crippen LogP contribution in [0.1, 0.15) is 60.3 Å². The van der Waals surface area contributed by atoms with Crippen molar-refractivity contribution in [1.82, 2.24) is 0 Å². The summed E-state index contributed by atoms with van der Waals surface area (Å²) in [6.07, 6.45) is 5.46. The Morgan fingerprint density at radius 2 is 1.69 bits per heavy atom. The van der Waals surface area contributed by atoms with E-state index in [-0.39, 0.29) is 0 Å². The Morgan fingerprint density at radius 3 is 2.19 bits per heavy atom. The minimum Gasteiger partial charge on any atom is -0.162 e. The van der Waals surface area contributed by atoms with Gasteiger partial charge < -0.3 is 0 Å². The van der Waals surface area contributed by atoms with Gasteiger partial charge in [-0.2, -0.15) is 23.5 Å². The quantitative estimate of drug-likeness (QED) is 0.479. The SMILES string of the molecule is CCC(C)SC(CC)CCCSCC(C)C. The topological polar surface area (TPSA) is 0 Å². The molecule has 0 amide bonds. The lowest BCUT2D eigenvalue weighted by molar-refractivity contribution is 0.714. The molecule has 0 radical (unpaired) electrons. The molecule has 0 bridgehead atoms. The van der Waals surface area contributed by atoms with Crippen molar-refractivity contribution in [3.8, 4) is 0 Å². The minimum atomic E-state index is 0.841. The van der Waals surface area contributed by atoms with Crippen LogP contribution < -0.4 is 0 Å². The number of rotatable bonds is 10. The summed E-state index contributed by atoms with van der Waals surface area (Å²) in [7, 11) is 0. The molecule has 0 N–H and O–H groups in total. The first kappa shape index (κ1) is 16.7. The highest BCUT2D eigenvalue weighted by atomic mass is 32.2. The van der Waals surface area contributed by atoms with Gasteiger partial charge in [-0.05, 0) is 43.1 Å². The van der Waals surface area contributed by atoms with Crippen LogP contribution in [0.5, 0.6) is 0 Å². The Kier molecular flexibility index (Phi) is 11.3. The van der Waals surface area contributed by atoms with E-state index in [9.17, 15) is 0 Å². The molecular weight excluding hydrogens is 232 g/mol. The zero-order chi connectivity index (χ0) is 12.4. The maximum atomic E-state index is 2.36. The van der Waals surface area contributed by atoms with Gasteiger partial charge in [0.15, 0.2) is 0 Å². The van der Waals surface area contributed by atoms with Crippen molar-refractivity contribution in [2.45, 2.75) is 70.8 Å². The Bertz CT molecular complexity index is 146. The van der Waals surface area contributed by atoms with E-state index in [2.05, 4.69) is 58.1 Å². The van der Waals surface area contributed by atoms with Crippen LogP contribution in [0.15, 0.2) is 0 Å². The van der Waals surface area contributed by atoms with Crippen molar-refractivity contribution in [2.75, 3.05) is 11.5 Å². The lowest BCUT2D eigenvalue weighted by Crippen LogP contribution is -2.07. The predicted molar refractivity (Wildman–Crippen MR) is 82.8 cm³/mol. The average molecular weight is 263 g/mol. The molecule has 0 aromatic carbocycles. The molecule has 0 spiro atoms. The van der Waals surface area contributed by atoms with Crippen LogP contribution >= 0.6 is 23.5 Å². The predicted octanol–water partition coefficient (Wildman–Crippen LogP) is 5.47. The molecule has 0 aromatic heterocycles. The van der Waals surface area contributed by atoms with Gasteiger partial charge in [-0.1, -0.05) is 34.6 Å². The Morgan fingerprint density at radius 1 is 1.00 bits per heavy atom. The second kappa shape index (κ2) is 10.8. The molecule has 0 rings (SSSR count). The van der Waals surface area contributed by atoms with E-state index in [4.69, 9.17) is 0 Å². The van der Waals surface area contributed by atoms with Crippen molar-refractivity contribution in [2.24, 2.45) is 5.92 Å². The summed E-state index contributed by atoms with van der Waals surface area (Å²) in [4.78, 5) is 0. The molecule has 2 atom stereocenters. The molecule has 0 heterocycles. The van der Waals surface area contributed by atoms with E-state index >= 15 is 0 Å². The van der Waals surface area contributed by atoms with Crippen molar-refractivity contribution < 1.29 is 0 Å². The van der Waals surface area contributed by atoms with Gasteiger partial charge in [0.05, 0.1) is 0 Å². The number of hydrogen-bond donors (Lipinski definition) is 0. The Labute approximate surface area is 112 Å². The van der Waals surface area contributed by atoms with Gasteiger partial charge >= 0.3 is 0 Å². The highest BCUT2D eigenvalue weighted by molar-refractivity contribution is 8.00. The maximum absolute atomic E-state index is 2.36. The molecule has 2 heteroatoms. The van der Waals surface area contributed by atoms with Gasteiger partial charge in [0.2, 0.25) is 0 Å². The Balaban J connectivity index is 3.48. The molecule has 0 fully saturated rings. The third kappa shape index (κ3) is 9.89. The lowest BCUT2D eigenvalue weighted by atomic mass is 10.2. The first-order valence-electron chi connectivity index (χ1n) is 6.83. The van der Waals surface area contributed by atoms with Crippen molar-refractivity contribution in [1.29, 1.82) is 0 Å². The zero-order valence-corrected chi connectivity index (χ0v) is 13.4. The number of thioether (sulfide) groups is 2. The van der Waals surface area contributed by atoms with Crippen LogP contribution in [-0.4, -0.2) is 22.0 Å². The van der Waals surface area contributed by atoms with Crippen molar-refractivity contribution in [3.05, 3.63) is 0 Å². The van der Waals surface area contributed by atoms with E-state index in [1.54, 1.807) is 0 Å². The third-order valence-electron chi connectivity index (χ3n) is 2.72. The van der Waals surface area contributed by atoms with Gasteiger partial charge in [-0.15, -0.1) is 0 Å². The smallest absolute Gasteiger partial charge is 0.00474 e. The molecule has 0 aliphatic rings. The summed E-state index contributed by atoms with van der Waals surface area (Å²) in [6.45, 7) is 11.6. The molecule has 0 aliphatic heterocycles. The van der Waals surface area contributed by atoms with Gasteiger partial charge in [-0.25, -0.2) is 0 Å². The molecule has 98 valence electrons. The summed E-state index contributed by atoms with van der Waals surface area (Å²) < 4.78 is 0. The van der Waals surface area contributed by atoms with E-state index in [1.807, 2.05) is 0 Å². The second-order valence-corrected chi connectivity index (χ2v) is 7.89. The summed E-state index contributed by atoms with van der Waals surface area (Å²) in [6, 6.07) is 0. The molecular formula is C14H30S2. The highest BCUT2D eigenvalue weighted by Gasteiger charge is 2.10. The molecule has 16 heavy (non-hydrogen) atoms. The van der Waals surface area contributed by atoms with Crippen LogP contribution in [0.3, 0.4) is 0 Å². The van der Waals surface area contributed by atoms with Gasteiger partial charge in [0.1, 0.15) is 0 Å². The highest BCUT2D eigenvalue weighted by Crippen LogP contribution is 2.26. The zero-order valence-electron chi connectivity index (χ0n) is 11.8. The van der Waals surface area contributed by atoms with Gasteiger partial charge in [0, 0.05) is 10.5 Å². The van der Waals surface area contributed by atoms with Crippen molar-refractivity contribution in [3.63, 3.8) is 0 Å².